The largest absolute Gasteiger partial charge is 0.504 e. The number of rotatable bonds is 17. The molecular weight excluding hydrogens is 590 g/mol. The smallest absolute Gasteiger partial charge is 0.161 e. The van der Waals surface area contributed by atoms with Gasteiger partial charge in [-0.05, 0) is 92.3 Å². The van der Waals surface area contributed by atoms with E-state index in [2.05, 4.69) is 47.7 Å². The Bertz CT molecular complexity index is 1510. The quantitative estimate of drug-likeness (QED) is 0.0920. The van der Waals surface area contributed by atoms with E-state index in [1.165, 1.54) is 36.9 Å². The van der Waals surface area contributed by atoms with E-state index in [0.717, 1.165) is 67.1 Å². The standard InChI is InChI=1S/C39H55N3O5/c1-4-6-9-36-28(23-43)19-30(47-36)12-10-26-11-13-35(45)37(17-26)46-24-34(41-5-2)33-20-31-32(22-40-21-25(3)44)39-15-7-8-29(39)18-27(14-16-39)38(31)42-33/h11,13-14,16-17,19-20,25,27,29,32,34,40-45H,4-10,12,15,18,21-24H2,1-3H3. The summed E-state index contributed by atoms with van der Waals surface area (Å²) in [5.41, 5.74) is 5.98. The Morgan fingerprint density at radius 2 is 2.02 bits per heavy atom. The van der Waals surface area contributed by atoms with E-state index in [1.54, 1.807) is 6.07 Å². The number of unbranched alkanes of at least 4 members (excludes halogenated alkanes) is 1. The molecule has 0 saturated heterocycles. The third-order valence-corrected chi connectivity index (χ3v) is 11.0. The van der Waals surface area contributed by atoms with Crippen molar-refractivity contribution < 1.29 is 24.5 Å². The zero-order valence-corrected chi connectivity index (χ0v) is 28.5. The van der Waals surface area contributed by atoms with Crippen LogP contribution in [0.2, 0.25) is 0 Å². The van der Waals surface area contributed by atoms with Gasteiger partial charge in [0, 0.05) is 54.7 Å². The summed E-state index contributed by atoms with van der Waals surface area (Å²) in [7, 11) is 0. The molecule has 4 aliphatic carbocycles. The number of ether oxygens (including phenoxy) is 1. The average Bonchev–Trinajstić information content (AvgIpc) is 3.78. The van der Waals surface area contributed by atoms with Gasteiger partial charge in [-0.25, -0.2) is 0 Å². The van der Waals surface area contributed by atoms with Gasteiger partial charge in [-0.15, -0.1) is 0 Å². The third kappa shape index (κ3) is 7.21. The monoisotopic (exact) mass is 645 g/mol. The van der Waals surface area contributed by atoms with E-state index in [-0.39, 0.29) is 29.9 Å². The van der Waals surface area contributed by atoms with Crippen LogP contribution in [-0.2, 0) is 25.9 Å². The summed E-state index contributed by atoms with van der Waals surface area (Å²) < 4.78 is 12.4. The SMILES string of the molecule is CCCCc1oc(CCc2ccc(O)c(OCC(NCC)c3cc4c([nH]3)C3C=CC5(CCCC5C3)C4CNCC(C)O)c2)cc1CO. The number of likely N-dealkylation sites (N-methyl/N-ethyl adjacent to an activating group) is 1. The van der Waals surface area contributed by atoms with Gasteiger partial charge >= 0.3 is 0 Å². The van der Waals surface area contributed by atoms with Crippen molar-refractivity contribution in [2.75, 3.05) is 26.2 Å². The molecule has 0 aliphatic heterocycles. The van der Waals surface area contributed by atoms with Crippen molar-refractivity contribution in [1.29, 1.82) is 0 Å². The molecular formula is C39H55N3O5. The van der Waals surface area contributed by atoms with Crippen molar-refractivity contribution in [2.45, 2.75) is 109 Å². The Balaban J connectivity index is 1.17. The molecule has 7 rings (SSSR count). The predicted molar refractivity (Wildman–Crippen MR) is 185 cm³/mol. The molecule has 6 N–H and O–H groups in total. The van der Waals surface area contributed by atoms with Crippen LogP contribution in [0.1, 0.15) is 117 Å². The van der Waals surface area contributed by atoms with Crippen LogP contribution in [-0.4, -0.2) is 52.6 Å². The van der Waals surface area contributed by atoms with Crippen LogP contribution >= 0.6 is 0 Å². The van der Waals surface area contributed by atoms with Gasteiger partial charge in [-0.3, -0.25) is 0 Å². The summed E-state index contributed by atoms with van der Waals surface area (Å²) in [6.07, 6.45) is 14.0. The first kappa shape index (κ1) is 33.8. The van der Waals surface area contributed by atoms with Gasteiger partial charge in [-0.1, -0.05) is 44.9 Å². The molecule has 2 bridgehead atoms. The minimum absolute atomic E-state index is 0.00418. The number of aliphatic hydroxyl groups excluding tert-OH is 2. The van der Waals surface area contributed by atoms with E-state index in [0.29, 0.717) is 43.1 Å². The molecule has 2 aromatic heterocycles. The number of furan rings is 1. The normalized spacial score (nSPS) is 24.2. The number of allylic oxidation sites excluding steroid dienone is 2. The first-order valence-corrected chi connectivity index (χ1v) is 18.0. The molecule has 8 heteroatoms. The van der Waals surface area contributed by atoms with Crippen LogP contribution in [0.5, 0.6) is 11.5 Å². The highest BCUT2D eigenvalue weighted by molar-refractivity contribution is 5.45. The number of aliphatic hydroxyl groups is 2. The van der Waals surface area contributed by atoms with E-state index in [4.69, 9.17) is 9.15 Å². The summed E-state index contributed by atoms with van der Waals surface area (Å²) in [5, 5.41) is 37.7. The van der Waals surface area contributed by atoms with Gasteiger partial charge in [0.05, 0.1) is 18.8 Å². The summed E-state index contributed by atoms with van der Waals surface area (Å²) in [6, 6.07) is 9.86. The Hall–Kier alpha value is -3.04. The molecule has 1 aromatic carbocycles. The number of aromatic hydroxyl groups is 1. The second kappa shape index (κ2) is 15.0. The highest BCUT2D eigenvalue weighted by atomic mass is 16.5. The molecule has 47 heavy (non-hydrogen) atoms. The van der Waals surface area contributed by atoms with Gasteiger partial charge in [-0.2, -0.15) is 0 Å². The van der Waals surface area contributed by atoms with E-state index in [1.807, 2.05) is 25.1 Å². The maximum absolute atomic E-state index is 10.7. The number of nitrogens with one attached hydrogen (secondary N) is 3. The van der Waals surface area contributed by atoms with E-state index in [9.17, 15) is 15.3 Å². The zero-order valence-electron chi connectivity index (χ0n) is 28.5. The minimum atomic E-state index is -0.372. The number of phenolic OH excluding ortho intramolecular Hbond substituents is 1. The second-order valence-electron chi connectivity index (χ2n) is 14.2. The molecule has 8 nitrogen and oxygen atoms in total. The van der Waals surface area contributed by atoms with Crippen molar-refractivity contribution in [2.24, 2.45) is 11.3 Å². The fourth-order valence-corrected chi connectivity index (χ4v) is 8.58. The van der Waals surface area contributed by atoms with Gasteiger partial charge in [0.15, 0.2) is 11.5 Å². The molecule has 1 saturated carbocycles. The molecule has 6 atom stereocenters. The fraction of sp³-hybridized carbons (Fsp3) is 0.590. The number of hydrogen-bond acceptors (Lipinski definition) is 7. The van der Waals surface area contributed by atoms with Gasteiger partial charge in [0.2, 0.25) is 0 Å². The van der Waals surface area contributed by atoms with Crippen LogP contribution in [0.15, 0.2) is 46.9 Å². The number of H-pyrrole nitrogens is 1. The molecule has 0 amide bonds. The Morgan fingerprint density at radius 3 is 2.81 bits per heavy atom. The van der Waals surface area contributed by atoms with Crippen LogP contribution < -0.4 is 15.4 Å². The maximum atomic E-state index is 10.7. The number of benzene rings is 1. The summed E-state index contributed by atoms with van der Waals surface area (Å²) in [4.78, 5) is 3.86. The van der Waals surface area contributed by atoms with Crippen LogP contribution in [0, 0.1) is 11.3 Å². The second-order valence-corrected chi connectivity index (χ2v) is 14.2. The molecule has 6 unspecified atom stereocenters. The minimum Gasteiger partial charge on any atom is -0.504 e. The van der Waals surface area contributed by atoms with Gasteiger partial charge in [0.25, 0.3) is 0 Å². The Morgan fingerprint density at radius 1 is 1.15 bits per heavy atom. The zero-order chi connectivity index (χ0) is 33.0. The van der Waals surface area contributed by atoms with Crippen LogP contribution in [0.4, 0.5) is 0 Å². The summed E-state index contributed by atoms with van der Waals surface area (Å²) in [6.45, 7) is 8.71. The van der Waals surface area contributed by atoms with Crippen LogP contribution in [0.25, 0.3) is 0 Å². The average molecular weight is 646 g/mol. The van der Waals surface area contributed by atoms with Crippen molar-refractivity contribution in [1.82, 2.24) is 15.6 Å². The number of phenols is 1. The number of aryl methyl sites for hydroxylation is 3. The Labute approximate surface area is 280 Å². The fourth-order valence-electron chi connectivity index (χ4n) is 8.58. The Kier molecular flexibility index (Phi) is 10.8. The van der Waals surface area contributed by atoms with Gasteiger partial charge in [0.1, 0.15) is 18.1 Å². The lowest BCUT2D eigenvalue weighted by Crippen LogP contribution is -2.39. The van der Waals surface area contributed by atoms with Crippen molar-refractivity contribution >= 4 is 0 Å². The van der Waals surface area contributed by atoms with E-state index >= 15 is 0 Å². The first-order valence-electron chi connectivity index (χ1n) is 18.0. The lowest BCUT2D eigenvalue weighted by molar-refractivity contribution is 0.172. The van der Waals surface area contributed by atoms with E-state index < -0.39 is 0 Å². The lowest BCUT2D eigenvalue weighted by atomic mass is 9.64. The first-order chi connectivity index (χ1) is 22.8. The molecule has 1 fully saturated rings. The molecule has 2 heterocycles. The molecule has 3 aromatic rings. The summed E-state index contributed by atoms with van der Waals surface area (Å²) in [5.74, 6) is 3.83. The number of aromatic nitrogens is 1. The highest BCUT2D eigenvalue weighted by Gasteiger charge is 2.53. The molecule has 1 spiro atoms. The third-order valence-electron chi connectivity index (χ3n) is 11.0. The lowest BCUT2D eigenvalue weighted by Gasteiger charge is -2.41. The number of aromatic amines is 1. The van der Waals surface area contributed by atoms with Gasteiger partial charge < -0.3 is 40.1 Å². The van der Waals surface area contributed by atoms with Crippen molar-refractivity contribution in [3.8, 4) is 11.5 Å². The molecule has 0 radical (unpaired) electrons. The maximum Gasteiger partial charge on any atom is 0.161 e. The predicted octanol–water partition coefficient (Wildman–Crippen LogP) is 6.56. The van der Waals surface area contributed by atoms with Crippen molar-refractivity contribution in [3.05, 3.63) is 82.1 Å². The highest BCUT2D eigenvalue weighted by Crippen LogP contribution is 2.62. The topological polar surface area (TPSA) is 123 Å². The molecule has 4 aliphatic rings. The van der Waals surface area contributed by atoms with Crippen LogP contribution in [0.3, 0.4) is 0 Å². The summed E-state index contributed by atoms with van der Waals surface area (Å²) >= 11 is 0. The van der Waals surface area contributed by atoms with Crippen molar-refractivity contribution in [3.63, 3.8) is 0 Å². The number of hydrogen-bond donors (Lipinski definition) is 6. The molecule has 256 valence electrons.